The molecule has 0 aromatic heterocycles. The topological polar surface area (TPSA) is 71.1 Å². The van der Waals surface area contributed by atoms with E-state index in [1.807, 2.05) is 36.4 Å². The molecule has 0 unspecified atom stereocenters. The summed E-state index contributed by atoms with van der Waals surface area (Å²) in [5.74, 6) is 0.428. The molecule has 0 radical (unpaired) electrons. The molecular formula is C34H32O6Si. The normalized spacial score (nSPS) is 10.7. The van der Waals surface area contributed by atoms with E-state index in [9.17, 15) is 9.59 Å². The van der Waals surface area contributed by atoms with E-state index in [-0.39, 0.29) is 26.4 Å². The third-order valence-corrected chi connectivity index (χ3v) is 11.3. The molecule has 0 saturated carbocycles. The predicted molar refractivity (Wildman–Crippen MR) is 163 cm³/mol. The van der Waals surface area contributed by atoms with E-state index in [2.05, 4.69) is 86.0 Å². The monoisotopic (exact) mass is 564 g/mol. The standard InChI is InChI=1S/C34H32O6Si/c1-3-33(35)39-25-23-37-27-15-19-31(20-16-27)41(29-11-7-5-8-12-29,30-13-9-6-10-14-30)32-21-17-28(18-22-32)38-24-26-40-34(36)4-2/h3-22H,1-2,23-26H2. The number of carbonyl (C=O) groups is 2. The van der Waals surface area contributed by atoms with Crippen molar-refractivity contribution in [2.24, 2.45) is 0 Å². The third kappa shape index (κ3) is 7.20. The van der Waals surface area contributed by atoms with Gasteiger partial charge < -0.3 is 18.9 Å². The van der Waals surface area contributed by atoms with Crippen molar-refractivity contribution >= 4 is 40.8 Å². The average molecular weight is 565 g/mol. The van der Waals surface area contributed by atoms with E-state index in [4.69, 9.17) is 18.9 Å². The molecule has 0 saturated heterocycles. The quantitative estimate of drug-likeness (QED) is 0.0770. The van der Waals surface area contributed by atoms with Crippen LogP contribution in [0.25, 0.3) is 0 Å². The first kappa shape index (κ1) is 29.1. The molecule has 6 nitrogen and oxygen atoms in total. The highest BCUT2D eigenvalue weighted by molar-refractivity contribution is 7.19. The number of carbonyl (C=O) groups excluding carboxylic acids is 2. The first-order valence-electron chi connectivity index (χ1n) is 13.2. The van der Waals surface area contributed by atoms with Crippen LogP contribution < -0.4 is 30.2 Å². The molecule has 0 fully saturated rings. The second kappa shape index (κ2) is 14.5. The molecule has 4 aromatic rings. The second-order valence-electron chi connectivity index (χ2n) is 8.97. The van der Waals surface area contributed by atoms with Gasteiger partial charge in [0.25, 0.3) is 0 Å². The Balaban J connectivity index is 1.68. The molecule has 0 N–H and O–H groups in total. The van der Waals surface area contributed by atoms with Crippen molar-refractivity contribution in [2.45, 2.75) is 0 Å². The van der Waals surface area contributed by atoms with Gasteiger partial charge >= 0.3 is 11.9 Å². The van der Waals surface area contributed by atoms with Gasteiger partial charge in [-0.1, -0.05) is 98.1 Å². The summed E-state index contributed by atoms with van der Waals surface area (Å²) < 4.78 is 21.7. The average Bonchev–Trinajstić information content (AvgIpc) is 3.04. The Hall–Kier alpha value is -4.88. The lowest BCUT2D eigenvalue weighted by Gasteiger charge is -2.34. The fourth-order valence-electron chi connectivity index (χ4n) is 4.70. The van der Waals surface area contributed by atoms with Crippen molar-refractivity contribution < 1.29 is 28.5 Å². The smallest absolute Gasteiger partial charge is 0.330 e. The van der Waals surface area contributed by atoms with Crippen LogP contribution in [0, 0.1) is 0 Å². The maximum absolute atomic E-state index is 11.3. The van der Waals surface area contributed by atoms with Gasteiger partial charge in [-0.25, -0.2) is 9.59 Å². The van der Waals surface area contributed by atoms with Crippen LogP contribution in [0.1, 0.15) is 0 Å². The molecule has 0 aliphatic carbocycles. The minimum atomic E-state index is -2.73. The Bertz CT molecular complexity index is 1320. The van der Waals surface area contributed by atoms with Crippen LogP contribution in [-0.4, -0.2) is 46.4 Å². The SMILES string of the molecule is C=CC(=O)OCCOc1ccc([Si](c2ccccc2)(c2ccccc2)c2ccc(OCCOC(=O)C=C)cc2)cc1. The molecule has 4 aromatic carbocycles. The Kier molecular flexibility index (Phi) is 10.3. The largest absolute Gasteiger partial charge is 0.490 e. The zero-order chi connectivity index (χ0) is 28.9. The fraction of sp³-hybridized carbons (Fsp3) is 0.118. The van der Waals surface area contributed by atoms with Crippen molar-refractivity contribution in [1.29, 1.82) is 0 Å². The molecule has 4 rings (SSSR count). The molecule has 208 valence electrons. The minimum absolute atomic E-state index is 0.143. The molecule has 41 heavy (non-hydrogen) atoms. The maximum atomic E-state index is 11.3. The van der Waals surface area contributed by atoms with Crippen LogP contribution in [0.5, 0.6) is 11.5 Å². The van der Waals surface area contributed by atoms with Gasteiger partial charge in [0.2, 0.25) is 0 Å². The number of rotatable bonds is 14. The summed E-state index contributed by atoms with van der Waals surface area (Å²) in [7, 11) is -2.73. The van der Waals surface area contributed by atoms with Crippen molar-refractivity contribution in [3.63, 3.8) is 0 Å². The number of esters is 2. The minimum Gasteiger partial charge on any atom is -0.490 e. The molecular weight excluding hydrogens is 532 g/mol. The summed E-state index contributed by atoms with van der Waals surface area (Å²) in [5, 5.41) is 4.85. The van der Waals surface area contributed by atoms with Gasteiger partial charge in [-0.05, 0) is 45.0 Å². The number of benzene rings is 4. The summed E-state index contributed by atoms with van der Waals surface area (Å²) in [5.41, 5.74) is 0. The lowest BCUT2D eigenvalue weighted by atomic mass is 10.3. The molecule has 0 heterocycles. The van der Waals surface area contributed by atoms with Gasteiger partial charge in [0, 0.05) is 12.2 Å². The third-order valence-electron chi connectivity index (χ3n) is 6.51. The van der Waals surface area contributed by atoms with Crippen molar-refractivity contribution in [3.05, 3.63) is 135 Å². The van der Waals surface area contributed by atoms with E-state index in [0.717, 1.165) is 12.2 Å². The lowest BCUT2D eigenvalue weighted by molar-refractivity contribution is -0.139. The number of hydrogen-bond acceptors (Lipinski definition) is 6. The summed E-state index contributed by atoms with van der Waals surface area (Å²) >= 11 is 0. The van der Waals surface area contributed by atoms with Crippen LogP contribution >= 0.6 is 0 Å². The summed E-state index contributed by atoms with van der Waals surface area (Å²) in [4.78, 5) is 22.6. The van der Waals surface area contributed by atoms with E-state index in [1.54, 1.807) is 0 Å². The van der Waals surface area contributed by atoms with E-state index < -0.39 is 20.0 Å². The lowest BCUT2D eigenvalue weighted by Crippen LogP contribution is -2.74. The van der Waals surface area contributed by atoms with Gasteiger partial charge in [0.15, 0.2) is 8.07 Å². The zero-order valence-electron chi connectivity index (χ0n) is 22.7. The molecule has 0 aliphatic heterocycles. The Morgan fingerprint density at radius 1 is 0.512 bits per heavy atom. The first-order chi connectivity index (χ1) is 20.1. The first-order valence-corrected chi connectivity index (χ1v) is 15.2. The Labute approximate surface area is 241 Å². The van der Waals surface area contributed by atoms with E-state index >= 15 is 0 Å². The highest BCUT2D eigenvalue weighted by atomic mass is 28.3. The molecule has 0 spiro atoms. The van der Waals surface area contributed by atoms with Crippen molar-refractivity contribution in [1.82, 2.24) is 0 Å². The Morgan fingerprint density at radius 2 is 0.854 bits per heavy atom. The Morgan fingerprint density at radius 3 is 1.20 bits per heavy atom. The van der Waals surface area contributed by atoms with Crippen LogP contribution in [0.4, 0.5) is 0 Å². The molecule has 0 amide bonds. The second-order valence-corrected chi connectivity index (χ2v) is 12.8. The van der Waals surface area contributed by atoms with E-state index in [1.165, 1.54) is 20.7 Å². The van der Waals surface area contributed by atoms with Crippen molar-refractivity contribution in [3.8, 4) is 11.5 Å². The van der Waals surface area contributed by atoms with Gasteiger partial charge in [-0.3, -0.25) is 0 Å². The zero-order valence-corrected chi connectivity index (χ0v) is 23.7. The molecule has 0 bridgehead atoms. The van der Waals surface area contributed by atoms with E-state index in [0.29, 0.717) is 11.5 Å². The molecule has 7 heteroatoms. The highest BCUT2D eigenvalue weighted by Crippen LogP contribution is 2.16. The number of hydrogen-bond donors (Lipinski definition) is 0. The van der Waals surface area contributed by atoms with Crippen LogP contribution in [0.3, 0.4) is 0 Å². The van der Waals surface area contributed by atoms with Crippen LogP contribution in [0.15, 0.2) is 135 Å². The van der Waals surface area contributed by atoms with Gasteiger partial charge in [0.05, 0.1) is 0 Å². The molecule has 0 atom stereocenters. The summed E-state index contributed by atoms with van der Waals surface area (Å²) in [6, 6.07) is 37.4. The van der Waals surface area contributed by atoms with Gasteiger partial charge in [-0.2, -0.15) is 0 Å². The fourth-order valence-corrected chi connectivity index (χ4v) is 9.42. The molecule has 0 aliphatic rings. The number of ether oxygens (including phenoxy) is 4. The van der Waals surface area contributed by atoms with Crippen molar-refractivity contribution in [2.75, 3.05) is 26.4 Å². The van der Waals surface area contributed by atoms with Gasteiger partial charge in [0.1, 0.15) is 37.9 Å². The summed E-state index contributed by atoms with van der Waals surface area (Å²) in [6.45, 7) is 7.57. The van der Waals surface area contributed by atoms with Crippen LogP contribution in [-0.2, 0) is 19.1 Å². The highest BCUT2D eigenvalue weighted by Gasteiger charge is 2.41. The van der Waals surface area contributed by atoms with Crippen LogP contribution in [0.2, 0.25) is 0 Å². The maximum Gasteiger partial charge on any atom is 0.330 e. The predicted octanol–water partition coefficient (Wildman–Crippen LogP) is 3.28. The summed E-state index contributed by atoms with van der Waals surface area (Å²) in [6.07, 6.45) is 2.26. The van der Waals surface area contributed by atoms with Gasteiger partial charge in [-0.15, -0.1) is 0 Å².